The number of nitrogens with zero attached hydrogens (tertiary/aromatic N) is 1. The van der Waals surface area contributed by atoms with Crippen LogP contribution in [0.15, 0.2) is 18.5 Å². The number of aliphatic hydroxyl groups is 1. The van der Waals surface area contributed by atoms with Crippen LogP contribution in [-0.2, 0) is 16.0 Å². The molecule has 5 nitrogen and oxygen atoms in total. The lowest BCUT2D eigenvalue weighted by Gasteiger charge is -2.10. The van der Waals surface area contributed by atoms with Crippen molar-refractivity contribution in [3.8, 4) is 0 Å². The van der Waals surface area contributed by atoms with E-state index in [1.54, 1.807) is 19.2 Å². The molecule has 0 spiro atoms. The minimum atomic E-state index is -1.18. The van der Waals surface area contributed by atoms with Gasteiger partial charge in [-0.05, 0) is 18.6 Å². The van der Waals surface area contributed by atoms with Crippen LogP contribution in [0.1, 0.15) is 12.5 Å². The molecule has 0 aromatic carbocycles. The van der Waals surface area contributed by atoms with Gasteiger partial charge < -0.3 is 15.6 Å². The van der Waals surface area contributed by atoms with Gasteiger partial charge in [0.15, 0.2) is 6.10 Å². The number of hydrogen-bond donors (Lipinski definition) is 2. The summed E-state index contributed by atoms with van der Waals surface area (Å²) >= 11 is 0. The Labute approximate surface area is 87.9 Å². The lowest BCUT2D eigenvalue weighted by Crippen LogP contribution is -2.25. The molecule has 15 heavy (non-hydrogen) atoms. The molecule has 0 saturated heterocycles. The number of nitrogen functional groups attached to an aromatic ring is 1. The molecule has 0 aliphatic heterocycles. The minimum Gasteiger partial charge on any atom is -0.464 e. The first-order valence-corrected chi connectivity index (χ1v) is 4.68. The van der Waals surface area contributed by atoms with Crippen molar-refractivity contribution in [3.05, 3.63) is 24.0 Å². The molecule has 0 aliphatic rings. The molecule has 0 bridgehead atoms. The van der Waals surface area contributed by atoms with Crippen molar-refractivity contribution in [3.63, 3.8) is 0 Å². The van der Waals surface area contributed by atoms with Gasteiger partial charge in [0.2, 0.25) is 0 Å². The average Bonchev–Trinajstić information content (AvgIpc) is 2.21. The fourth-order valence-electron chi connectivity index (χ4n) is 1.14. The summed E-state index contributed by atoms with van der Waals surface area (Å²) in [6, 6.07) is 1.62. The Bertz CT molecular complexity index is 341. The van der Waals surface area contributed by atoms with E-state index in [0.717, 1.165) is 0 Å². The highest BCUT2D eigenvalue weighted by Crippen LogP contribution is 2.11. The molecule has 0 amide bonds. The van der Waals surface area contributed by atoms with E-state index in [2.05, 4.69) is 9.72 Å². The molecule has 1 rings (SSSR count). The number of pyridine rings is 1. The summed E-state index contributed by atoms with van der Waals surface area (Å²) in [6.07, 6.45) is 2.02. The monoisotopic (exact) mass is 210 g/mol. The third-order valence-electron chi connectivity index (χ3n) is 1.91. The first kappa shape index (κ1) is 11.5. The van der Waals surface area contributed by atoms with E-state index in [1.807, 2.05) is 0 Å². The van der Waals surface area contributed by atoms with Gasteiger partial charge in [-0.15, -0.1) is 0 Å². The van der Waals surface area contributed by atoms with E-state index >= 15 is 0 Å². The second-order valence-corrected chi connectivity index (χ2v) is 3.05. The smallest absolute Gasteiger partial charge is 0.335 e. The molecule has 1 aromatic heterocycles. The highest BCUT2D eigenvalue weighted by atomic mass is 16.5. The summed E-state index contributed by atoms with van der Waals surface area (Å²) < 4.78 is 4.67. The number of aliphatic hydroxyl groups excluding tert-OH is 1. The molecule has 5 heteroatoms. The van der Waals surface area contributed by atoms with Crippen LogP contribution in [-0.4, -0.2) is 28.8 Å². The first-order valence-electron chi connectivity index (χ1n) is 4.68. The summed E-state index contributed by atoms with van der Waals surface area (Å²) in [5.74, 6) is -0.638. The molecule has 3 N–H and O–H groups in total. The van der Waals surface area contributed by atoms with E-state index in [-0.39, 0.29) is 13.0 Å². The van der Waals surface area contributed by atoms with Gasteiger partial charge in [-0.3, -0.25) is 4.98 Å². The Balaban J connectivity index is 2.62. The lowest BCUT2D eigenvalue weighted by atomic mass is 10.1. The van der Waals surface area contributed by atoms with E-state index in [1.165, 1.54) is 6.20 Å². The van der Waals surface area contributed by atoms with Gasteiger partial charge in [0.05, 0.1) is 6.61 Å². The predicted octanol–water partition coefficient (Wildman–Crippen LogP) is 0.130. The summed E-state index contributed by atoms with van der Waals surface area (Å²) in [5.41, 5.74) is 6.78. The van der Waals surface area contributed by atoms with Crippen molar-refractivity contribution < 1.29 is 14.6 Å². The molecule has 1 aromatic rings. The van der Waals surface area contributed by atoms with Crippen LogP contribution in [0.4, 0.5) is 5.69 Å². The maximum absolute atomic E-state index is 11.1. The van der Waals surface area contributed by atoms with E-state index in [9.17, 15) is 9.90 Å². The SMILES string of the molecule is CCOC(=O)C(O)Cc1cnccc1N. The number of hydrogen-bond acceptors (Lipinski definition) is 5. The summed E-state index contributed by atoms with van der Waals surface area (Å²) in [7, 11) is 0. The van der Waals surface area contributed by atoms with Crippen molar-refractivity contribution in [2.24, 2.45) is 0 Å². The zero-order valence-corrected chi connectivity index (χ0v) is 8.51. The Hall–Kier alpha value is -1.62. The van der Waals surface area contributed by atoms with Gasteiger partial charge in [-0.25, -0.2) is 4.79 Å². The van der Waals surface area contributed by atoms with Gasteiger partial charge in [0, 0.05) is 24.5 Å². The Morgan fingerprint density at radius 2 is 2.47 bits per heavy atom. The summed E-state index contributed by atoms with van der Waals surface area (Å²) in [4.78, 5) is 15.0. The Kier molecular flexibility index (Phi) is 4.05. The van der Waals surface area contributed by atoms with E-state index in [0.29, 0.717) is 11.3 Å². The lowest BCUT2D eigenvalue weighted by molar-refractivity contribution is -0.152. The first-order chi connectivity index (χ1) is 7.15. The molecule has 1 unspecified atom stereocenters. The second kappa shape index (κ2) is 5.31. The standard InChI is InChI=1S/C10H14N2O3/c1-2-15-10(14)9(13)5-7-6-12-4-3-8(7)11/h3-4,6,9,13H,2,5H2,1H3,(H2,11,12). The maximum atomic E-state index is 11.1. The van der Waals surface area contributed by atoms with Crippen molar-refractivity contribution in [2.45, 2.75) is 19.4 Å². The van der Waals surface area contributed by atoms with Crippen LogP contribution in [0.5, 0.6) is 0 Å². The number of rotatable bonds is 4. The molecule has 0 saturated carbocycles. The number of carbonyl (C=O) groups excluding carboxylic acids is 1. The molecule has 1 heterocycles. The van der Waals surface area contributed by atoms with E-state index < -0.39 is 12.1 Å². The van der Waals surface area contributed by atoms with Gasteiger partial charge in [-0.1, -0.05) is 0 Å². The summed E-state index contributed by atoms with van der Waals surface area (Å²) in [6.45, 7) is 1.93. The topological polar surface area (TPSA) is 85.4 Å². The third-order valence-corrected chi connectivity index (χ3v) is 1.91. The average molecular weight is 210 g/mol. The Morgan fingerprint density at radius 1 is 1.73 bits per heavy atom. The van der Waals surface area contributed by atoms with Crippen molar-refractivity contribution in [2.75, 3.05) is 12.3 Å². The van der Waals surface area contributed by atoms with Crippen LogP contribution >= 0.6 is 0 Å². The highest BCUT2D eigenvalue weighted by Gasteiger charge is 2.17. The van der Waals surface area contributed by atoms with Gasteiger partial charge >= 0.3 is 5.97 Å². The quantitative estimate of drug-likeness (QED) is 0.690. The molecule has 82 valence electrons. The summed E-state index contributed by atoms with van der Waals surface area (Å²) in [5, 5.41) is 9.47. The van der Waals surface area contributed by atoms with Crippen molar-refractivity contribution in [1.29, 1.82) is 0 Å². The van der Waals surface area contributed by atoms with Gasteiger partial charge in [0.25, 0.3) is 0 Å². The van der Waals surface area contributed by atoms with Crippen LogP contribution in [0.3, 0.4) is 0 Å². The van der Waals surface area contributed by atoms with Crippen LogP contribution in [0, 0.1) is 0 Å². The number of aromatic nitrogens is 1. The molecule has 1 atom stereocenters. The zero-order valence-electron chi connectivity index (χ0n) is 8.51. The van der Waals surface area contributed by atoms with Crippen molar-refractivity contribution >= 4 is 11.7 Å². The maximum Gasteiger partial charge on any atom is 0.335 e. The van der Waals surface area contributed by atoms with Crippen LogP contribution < -0.4 is 5.73 Å². The second-order valence-electron chi connectivity index (χ2n) is 3.05. The fraction of sp³-hybridized carbons (Fsp3) is 0.400. The van der Waals surface area contributed by atoms with Crippen LogP contribution in [0.2, 0.25) is 0 Å². The fourth-order valence-corrected chi connectivity index (χ4v) is 1.14. The Morgan fingerprint density at radius 3 is 3.07 bits per heavy atom. The number of ether oxygens (including phenoxy) is 1. The molecule has 0 aliphatic carbocycles. The highest BCUT2D eigenvalue weighted by molar-refractivity contribution is 5.75. The van der Waals surface area contributed by atoms with Crippen LogP contribution in [0.25, 0.3) is 0 Å². The number of esters is 1. The predicted molar refractivity (Wildman–Crippen MR) is 55.0 cm³/mol. The molecular weight excluding hydrogens is 196 g/mol. The van der Waals surface area contributed by atoms with Crippen molar-refractivity contribution in [1.82, 2.24) is 4.98 Å². The number of nitrogens with two attached hydrogens (primary N) is 1. The molecule has 0 fully saturated rings. The molecular formula is C10H14N2O3. The molecule has 0 radical (unpaired) electrons. The zero-order chi connectivity index (χ0) is 11.3. The van der Waals surface area contributed by atoms with E-state index in [4.69, 9.17) is 5.73 Å². The number of anilines is 1. The largest absolute Gasteiger partial charge is 0.464 e. The minimum absolute atomic E-state index is 0.124. The normalized spacial score (nSPS) is 12.1. The third kappa shape index (κ3) is 3.21. The van der Waals surface area contributed by atoms with Gasteiger partial charge in [-0.2, -0.15) is 0 Å². The van der Waals surface area contributed by atoms with Gasteiger partial charge in [0.1, 0.15) is 0 Å². The number of carbonyl (C=O) groups is 1.